The minimum absolute atomic E-state index is 0.0282. The van der Waals surface area contributed by atoms with E-state index in [1.54, 1.807) is 32.9 Å². The molecule has 2 heterocycles. The van der Waals surface area contributed by atoms with Crippen LogP contribution in [0.5, 0.6) is 0 Å². The van der Waals surface area contributed by atoms with Crippen molar-refractivity contribution in [2.24, 2.45) is 4.99 Å². The zero-order valence-corrected chi connectivity index (χ0v) is 21.9. The van der Waals surface area contributed by atoms with Crippen LogP contribution in [0.1, 0.15) is 73.4 Å². The molecule has 1 aromatic carbocycles. The van der Waals surface area contributed by atoms with Crippen LogP contribution in [-0.4, -0.2) is 44.7 Å². The molecule has 2 aliphatic rings. The van der Waals surface area contributed by atoms with E-state index in [2.05, 4.69) is 4.99 Å². The molecule has 0 aliphatic carbocycles. The third-order valence-corrected chi connectivity index (χ3v) is 7.50. The zero-order chi connectivity index (χ0) is 24.8. The molecule has 11 heteroatoms. The highest BCUT2D eigenvalue weighted by Crippen LogP contribution is 2.39. The van der Waals surface area contributed by atoms with Crippen molar-refractivity contribution < 1.29 is 27.1 Å². The topological polar surface area (TPSA) is 60.4 Å². The Morgan fingerprint density at radius 2 is 1.88 bits per heavy atom. The normalized spacial score (nSPS) is 24.4. The Bertz CT molecular complexity index is 923. The first-order valence-electron chi connectivity index (χ1n) is 10.8. The van der Waals surface area contributed by atoms with Gasteiger partial charge in [0.25, 0.3) is 0 Å². The second-order valence-corrected chi connectivity index (χ2v) is 12.2. The molecule has 2 unspecified atom stereocenters. The van der Waals surface area contributed by atoms with Crippen molar-refractivity contribution in [3.8, 4) is 0 Å². The predicted molar refractivity (Wildman–Crippen MR) is 131 cm³/mol. The number of halogens is 2. The lowest BCUT2D eigenvalue weighted by Crippen LogP contribution is -2.41. The third kappa shape index (κ3) is 5.86. The summed E-state index contributed by atoms with van der Waals surface area (Å²) in [6.45, 7) is 14.8. The van der Waals surface area contributed by atoms with Gasteiger partial charge in [-0.1, -0.05) is 30.8 Å². The van der Waals surface area contributed by atoms with Gasteiger partial charge in [-0.25, -0.2) is 9.18 Å². The maximum Gasteiger partial charge on any atom is 0.494 e. The number of aliphatic imine (C=N–C) groups is 1. The van der Waals surface area contributed by atoms with Gasteiger partial charge in [-0.05, 0) is 66.4 Å². The van der Waals surface area contributed by atoms with E-state index in [9.17, 15) is 13.1 Å². The van der Waals surface area contributed by atoms with Gasteiger partial charge in [0, 0.05) is 10.8 Å². The van der Waals surface area contributed by atoms with E-state index >= 15 is 0 Å². The minimum Gasteiger partial charge on any atom is -0.443 e. The van der Waals surface area contributed by atoms with Crippen molar-refractivity contribution in [2.45, 2.75) is 89.9 Å². The summed E-state index contributed by atoms with van der Waals surface area (Å²) in [5.41, 5.74) is -0.824. The molecule has 3 rings (SSSR count). The van der Waals surface area contributed by atoms with E-state index in [0.717, 1.165) is 4.31 Å². The number of carbonyl (C=O) groups excluding carboxylic acids is 1. The molecule has 1 saturated heterocycles. The van der Waals surface area contributed by atoms with Crippen molar-refractivity contribution >= 4 is 47.9 Å². The number of hydrogen-bond donors (Lipinski definition) is 0. The van der Waals surface area contributed by atoms with Crippen LogP contribution >= 0.6 is 24.1 Å². The van der Waals surface area contributed by atoms with Gasteiger partial charge in [0.15, 0.2) is 17.5 Å². The predicted octanol–water partition coefficient (Wildman–Crippen LogP) is 5.82. The molecule has 0 saturated carbocycles. The number of hydrogen-bond acceptors (Lipinski definition) is 7. The highest BCUT2D eigenvalue weighted by atomic mass is 32.2. The quantitative estimate of drug-likeness (QED) is 0.385. The fourth-order valence-electron chi connectivity index (χ4n) is 3.44. The molecule has 0 bridgehead atoms. The van der Waals surface area contributed by atoms with Crippen LogP contribution in [0, 0.1) is 5.82 Å². The number of benzene rings is 1. The van der Waals surface area contributed by atoms with Crippen molar-refractivity contribution in [1.82, 2.24) is 4.31 Å². The van der Waals surface area contributed by atoms with Crippen LogP contribution in [-0.2, 0) is 14.0 Å². The van der Waals surface area contributed by atoms with Crippen LogP contribution in [0.4, 0.5) is 13.1 Å². The molecular weight excluding hydrogens is 469 g/mol. The highest BCUT2D eigenvalue weighted by molar-refractivity contribution is 8.15. The van der Waals surface area contributed by atoms with Gasteiger partial charge in [-0.2, -0.15) is 4.31 Å². The van der Waals surface area contributed by atoms with Gasteiger partial charge < -0.3 is 14.0 Å². The van der Waals surface area contributed by atoms with Crippen molar-refractivity contribution in [3.63, 3.8) is 0 Å². The summed E-state index contributed by atoms with van der Waals surface area (Å²) >= 11 is 0.974. The fraction of sp³-hybridized carbons (Fsp3) is 0.636. The van der Waals surface area contributed by atoms with Gasteiger partial charge in [-0.15, -0.1) is 3.89 Å². The average molecular weight is 500 g/mol. The molecule has 182 valence electrons. The summed E-state index contributed by atoms with van der Waals surface area (Å²) in [7, 11) is -0.646. The third-order valence-electron chi connectivity index (χ3n) is 5.83. The van der Waals surface area contributed by atoms with Crippen molar-refractivity contribution in [2.75, 3.05) is 0 Å². The smallest absolute Gasteiger partial charge is 0.443 e. The summed E-state index contributed by atoms with van der Waals surface area (Å²) < 4.78 is 46.9. The number of amides is 1. The lowest BCUT2D eigenvalue weighted by atomic mass is 9.77. The lowest BCUT2D eigenvalue weighted by Gasteiger charge is -2.32. The number of rotatable bonds is 3. The zero-order valence-electron chi connectivity index (χ0n) is 20.3. The van der Waals surface area contributed by atoms with Gasteiger partial charge in [0.05, 0.1) is 17.2 Å². The molecule has 1 amide bonds. The molecule has 0 spiro atoms. The molecule has 1 aromatic rings. The second kappa shape index (κ2) is 9.39. The Balaban J connectivity index is 1.92. The van der Waals surface area contributed by atoms with E-state index < -0.39 is 41.9 Å². The summed E-state index contributed by atoms with van der Waals surface area (Å²) in [5, 5.41) is 0.112. The summed E-state index contributed by atoms with van der Waals surface area (Å²) in [4.78, 5) is 17.0. The number of ether oxygens (including phenoxy) is 1. The summed E-state index contributed by atoms with van der Waals surface area (Å²) in [5.74, 6) is -0.431. The molecule has 6 nitrogen and oxygen atoms in total. The van der Waals surface area contributed by atoms with E-state index in [1.165, 1.54) is 17.8 Å². The Morgan fingerprint density at radius 3 is 2.42 bits per heavy atom. The Hall–Kier alpha value is -1.30. The monoisotopic (exact) mass is 500 g/mol. The van der Waals surface area contributed by atoms with E-state index in [1.807, 2.05) is 34.6 Å². The highest BCUT2D eigenvalue weighted by Gasteiger charge is 2.51. The molecule has 0 N–H and O–H groups in total. The van der Waals surface area contributed by atoms with E-state index in [4.69, 9.17) is 14.0 Å². The first-order valence-corrected chi connectivity index (χ1v) is 12.4. The maximum atomic E-state index is 14.9. The van der Waals surface area contributed by atoms with Crippen molar-refractivity contribution in [3.05, 3.63) is 29.6 Å². The molecule has 33 heavy (non-hydrogen) atoms. The minimum atomic E-state index is -0.861. The van der Waals surface area contributed by atoms with Gasteiger partial charge in [-0.3, -0.25) is 4.99 Å². The fourth-order valence-corrected chi connectivity index (χ4v) is 4.85. The lowest BCUT2D eigenvalue weighted by molar-refractivity contribution is 0.00578. The number of nitrogens with zero attached hydrogens (tertiary/aromatic N) is 2. The standard InChI is InChI=1S/C22H31BF2N2O4S2/c1-13-11-17(26-18(32-13)27(33-25)19(28)29-20(2,3)4)15-12-14(9-10-16(15)24)23-30-21(5,6)22(7,8)31-23/h9-10,12-13,17H,11H2,1-8H3. The first-order chi connectivity index (χ1) is 15.1. The van der Waals surface area contributed by atoms with Crippen molar-refractivity contribution in [1.29, 1.82) is 0 Å². The van der Waals surface area contributed by atoms with Crippen LogP contribution in [0.2, 0.25) is 0 Å². The molecule has 0 aromatic heterocycles. The molecule has 0 radical (unpaired) electrons. The molecular formula is C22H31BF2N2O4S2. The van der Waals surface area contributed by atoms with Gasteiger partial charge >= 0.3 is 13.2 Å². The first kappa shape index (κ1) is 26.3. The molecule has 2 atom stereocenters. The Kier molecular flexibility index (Phi) is 7.49. The Labute approximate surface area is 203 Å². The number of amidine groups is 1. The Morgan fingerprint density at radius 1 is 1.27 bits per heavy atom. The second-order valence-electron chi connectivity index (χ2n) is 10.3. The average Bonchev–Trinajstić information content (AvgIpc) is 2.88. The summed E-state index contributed by atoms with van der Waals surface area (Å²) in [6, 6.07) is 4.09. The number of carbonyl (C=O) groups is 1. The van der Waals surface area contributed by atoms with Crippen LogP contribution < -0.4 is 5.46 Å². The van der Waals surface area contributed by atoms with Crippen LogP contribution in [0.3, 0.4) is 0 Å². The molecule has 1 fully saturated rings. The SMILES string of the molecule is CC1CC(c2cc(B3OC(C)(C)C(C)(C)O3)ccc2F)N=C(N(SF)C(=O)OC(C)(C)C)S1. The van der Waals surface area contributed by atoms with E-state index in [0.29, 0.717) is 17.4 Å². The number of thioether (sulfide) groups is 1. The van der Waals surface area contributed by atoms with Gasteiger partial charge in [0.1, 0.15) is 11.4 Å². The summed E-state index contributed by atoms with van der Waals surface area (Å²) in [6.07, 6.45) is -0.336. The van der Waals surface area contributed by atoms with Crippen LogP contribution in [0.15, 0.2) is 23.2 Å². The van der Waals surface area contributed by atoms with Gasteiger partial charge in [0.2, 0.25) is 0 Å². The van der Waals surface area contributed by atoms with Crippen LogP contribution in [0.25, 0.3) is 0 Å². The largest absolute Gasteiger partial charge is 0.494 e. The van der Waals surface area contributed by atoms with E-state index in [-0.39, 0.29) is 22.8 Å². The maximum absolute atomic E-state index is 14.9. The molecule has 2 aliphatic heterocycles.